The number of ether oxygens (including phenoxy) is 1. The number of nitriles is 2. The molecule has 0 bridgehead atoms. The van der Waals surface area contributed by atoms with Gasteiger partial charge in [-0.25, -0.2) is 9.67 Å². The van der Waals surface area contributed by atoms with Gasteiger partial charge in [0.05, 0.1) is 46.7 Å². The number of benzene rings is 1. The normalized spacial score (nSPS) is 20.8. The van der Waals surface area contributed by atoms with Gasteiger partial charge in [0.25, 0.3) is 0 Å². The van der Waals surface area contributed by atoms with Crippen LogP contribution in [0.4, 0.5) is 15.8 Å². The minimum Gasteiger partial charge on any atom is -0.381 e. The Morgan fingerprint density at radius 1 is 1.11 bits per heavy atom. The average molecular weight is 592 g/mol. The van der Waals surface area contributed by atoms with Gasteiger partial charge in [0.2, 0.25) is 5.95 Å². The molecule has 4 heterocycles. The van der Waals surface area contributed by atoms with Gasteiger partial charge in [0, 0.05) is 46.6 Å². The molecule has 1 saturated heterocycles. The number of anilines is 2. The van der Waals surface area contributed by atoms with Crippen molar-refractivity contribution >= 4 is 22.3 Å². The molecule has 7 rings (SSSR count). The summed E-state index contributed by atoms with van der Waals surface area (Å²) in [6, 6.07) is 10.8. The molecular weight excluding hydrogens is 557 g/mol. The first-order valence-corrected chi connectivity index (χ1v) is 15.2. The Bertz CT molecular complexity index is 1840. The lowest BCUT2D eigenvalue weighted by atomic mass is 9.81. The molecule has 224 valence electrons. The predicted octanol–water partition coefficient (Wildman–Crippen LogP) is 5.74. The third-order valence-electron chi connectivity index (χ3n) is 9.58. The molecule has 0 unspecified atom stereocenters. The van der Waals surface area contributed by atoms with Gasteiger partial charge in [-0.2, -0.15) is 14.9 Å². The first kappa shape index (κ1) is 28.2. The van der Waals surface area contributed by atoms with Crippen LogP contribution in [0.3, 0.4) is 0 Å². The summed E-state index contributed by atoms with van der Waals surface area (Å²) in [6.45, 7) is 7.27. The van der Waals surface area contributed by atoms with Crippen LogP contribution in [0.1, 0.15) is 80.1 Å². The molecule has 44 heavy (non-hydrogen) atoms. The fourth-order valence-corrected chi connectivity index (χ4v) is 6.70. The zero-order valence-corrected chi connectivity index (χ0v) is 25.1. The lowest BCUT2D eigenvalue weighted by Crippen LogP contribution is -2.44. The zero-order chi connectivity index (χ0) is 30.6. The maximum Gasteiger partial charge on any atom is 0.213 e. The number of hydrogen-bond acceptors (Lipinski definition) is 9. The first-order chi connectivity index (χ1) is 21.2. The third-order valence-corrected chi connectivity index (χ3v) is 9.58. The standard InChI is InChI=1S/C33H34FN9O/c1-19-24(6-7-28(34)38-19)31(26-17-43(42-41-26)33(9-10-33)22-4-5-22)39-23-12-20(14-35)29-25(13-23)30(21(15-36)16-37-29)40-27-8-11-44-18-32(27,2)3/h6-7,12-13,16-17,22,27,31,39H,4-5,8-11,18H2,1-3H3,(H,37,40)/t27-,31+/m1/s1. The van der Waals surface area contributed by atoms with Gasteiger partial charge in [-0.15, -0.1) is 5.10 Å². The second kappa shape index (κ2) is 10.5. The van der Waals surface area contributed by atoms with E-state index in [0.717, 1.165) is 24.8 Å². The van der Waals surface area contributed by atoms with Crippen molar-refractivity contribution in [2.75, 3.05) is 23.8 Å². The zero-order valence-electron chi connectivity index (χ0n) is 25.1. The summed E-state index contributed by atoms with van der Waals surface area (Å²) in [5.41, 5.74) is 4.38. The highest BCUT2D eigenvalue weighted by Gasteiger charge is 2.56. The molecule has 2 saturated carbocycles. The molecule has 0 amide bonds. The van der Waals surface area contributed by atoms with Crippen LogP contribution in [0.15, 0.2) is 36.7 Å². The van der Waals surface area contributed by atoms with E-state index in [2.05, 4.69) is 56.9 Å². The molecule has 1 aromatic carbocycles. The second-order valence-electron chi connectivity index (χ2n) is 13.1. The summed E-state index contributed by atoms with van der Waals surface area (Å²) >= 11 is 0. The van der Waals surface area contributed by atoms with Gasteiger partial charge in [0.15, 0.2) is 0 Å². The maximum absolute atomic E-state index is 14.1. The van der Waals surface area contributed by atoms with Crippen molar-refractivity contribution in [2.45, 2.75) is 70.5 Å². The van der Waals surface area contributed by atoms with Crippen LogP contribution in [-0.2, 0) is 10.3 Å². The second-order valence-corrected chi connectivity index (χ2v) is 13.1. The van der Waals surface area contributed by atoms with Crippen molar-refractivity contribution in [3.8, 4) is 12.1 Å². The van der Waals surface area contributed by atoms with E-state index in [0.29, 0.717) is 63.9 Å². The number of hydrogen-bond donors (Lipinski definition) is 2. The molecule has 2 atom stereocenters. The Balaban J connectivity index is 1.33. The predicted molar refractivity (Wildman–Crippen MR) is 162 cm³/mol. The van der Waals surface area contributed by atoms with Gasteiger partial charge >= 0.3 is 0 Å². The molecule has 2 aliphatic carbocycles. The Morgan fingerprint density at radius 2 is 1.91 bits per heavy atom. The van der Waals surface area contributed by atoms with E-state index in [1.807, 2.05) is 16.9 Å². The molecule has 0 radical (unpaired) electrons. The Labute approximate surface area is 255 Å². The minimum absolute atomic E-state index is 0.0491. The fourth-order valence-electron chi connectivity index (χ4n) is 6.70. The Kier molecular flexibility index (Phi) is 6.74. The van der Waals surface area contributed by atoms with Gasteiger partial charge in [0.1, 0.15) is 17.8 Å². The quantitative estimate of drug-likeness (QED) is 0.246. The molecule has 11 heteroatoms. The van der Waals surface area contributed by atoms with Crippen LogP contribution in [0.5, 0.6) is 0 Å². The number of nitrogens with one attached hydrogen (secondary N) is 2. The summed E-state index contributed by atoms with van der Waals surface area (Å²) < 4.78 is 21.8. The maximum atomic E-state index is 14.1. The number of fused-ring (bicyclic) bond motifs is 1. The summed E-state index contributed by atoms with van der Waals surface area (Å²) in [4.78, 5) is 8.60. The topological polar surface area (TPSA) is 137 Å². The third kappa shape index (κ3) is 4.91. The highest BCUT2D eigenvalue weighted by molar-refractivity contribution is 5.99. The molecule has 0 spiro atoms. The Morgan fingerprint density at radius 3 is 2.59 bits per heavy atom. The van der Waals surface area contributed by atoms with Crippen molar-refractivity contribution in [3.05, 3.63) is 70.7 Å². The summed E-state index contributed by atoms with van der Waals surface area (Å²) in [5.74, 6) is 0.0865. The molecule has 10 nitrogen and oxygen atoms in total. The highest BCUT2D eigenvalue weighted by atomic mass is 19.1. The monoisotopic (exact) mass is 591 g/mol. The average Bonchev–Trinajstić information content (AvgIpc) is 3.94. The molecule has 3 aromatic heterocycles. The lowest BCUT2D eigenvalue weighted by molar-refractivity contribution is 0.00350. The minimum atomic E-state index is -0.557. The van der Waals surface area contributed by atoms with E-state index in [9.17, 15) is 14.9 Å². The van der Waals surface area contributed by atoms with Crippen LogP contribution in [0.2, 0.25) is 0 Å². The highest BCUT2D eigenvalue weighted by Crippen LogP contribution is 2.59. The van der Waals surface area contributed by atoms with Crippen LogP contribution < -0.4 is 10.6 Å². The van der Waals surface area contributed by atoms with Crippen molar-refractivity contribution in [3.63, 3.8) is 0 Å². The number of rotatable bonds is 8. The van der Waals surface area contributed by atoms with Gasteiger partial charge in [-0.05, 0) is 63.1 Å². The van der Waals surface area contributed by atoms with Crippen LogP contribution in [-0.4, -0.2) is 44.2 Å². The number of nitrogens with zero attached hydrogens (tertiary/aromatic N) is 7. The molecule has 3 fully saturated rings. The van der Waals surface area contributed by atoms with E-state index >= 15 is 0 Å². The van der Waals surface area contributed by atoms with Crippen LogP contribution in [0.25, 0.3) is 10.9 Å². The van der Waals surface area contributed by atoms with Crippen molar-refractivity contribution in [1.29, 1.82) is 10.5 Å². The molecule has 1 aliphatic heterocycles. The summed E-state index contributed by atoms with van der Waals surface area (Å²) in [5, 5.41) is 37.3. The smallest absolute Gasteiger partial charge is 0.213 e. The van der Waals surface area contributed by atoms with Gasteiger partial charge < -0.3 is 15.4 Å². The lowest BCUT2D eigenvalue weighted by Gasteiger charge is -2.39. The molecule has 3 aliphatic rings. The van der Waals surface area contributed by atoms with E-state index in [1.54, 1.807) is 19.1 Å². The van der Waals surface area contributed by atoms with E-state index in [1.165, 1.54) is 25.1 Å². The van der Waals surface area contributed by atoms with Crippen molar-refractivity contribution in [1.82, 2.24) is 25.0 Å². The first-order valence-electron chi connectivity index (χ1n) is 15.2. The van der Waals surface area contributed by atoms with E-state index in [4.69, 9.17) is 4.74 Å². The molecule has 2 N–H and O–H groups in total. The largest absolute Gasteiger partial charge is 0.381 e. The Hall–Kier alpha value is -4.61. The van der Waals surface area contributed by atoms with Crippen LogP contribution >= 0.6 is 0 Å². The number of aryl methyl sites for hydroxylation is 1. The molecular formula is C33H34FN9O. The summed E-state index contributed by atoms with van der Waals surface area (Å²) in [7, 11) is 0. The molecule has 4 aromatic rings. The van der Waals surface area contributed by atoms with Gasteiger partial charge in [-0.1, -0.05) is 25.1 Å². The van der Waals surface area contributed by atoms with Crippen molar-refractivity contribution in [2.24, 2.45) is 11.3 Å². The SMILES string of the molecule is Cc1nc(F)ccc1[C@H](Nc1cc(C#N)c2ncc(C#N)c(N[C@@H]3CCOCC3(C)C)c2c1)c1cn(C2(C3CC3)CC2)nn1. The number of pyridine rings is 2. The van der Waals surface area contributed by atoms with Gasteiger partial charge in [-0.3, -0.25) is 4.98 Å². The fraction of sp³-hybridized carbons (Fsp3) is 0.455. The summed E-state index contributed by atoms with van der Waals surface area (Å²) in [6.07, 6.45) is 8.92. The van der Waals surface area contributed by atoms with Crippen molar-refractivity contribution < 1.29 is 9.13 Å². The number of aromatic nitrogens is 5. The van der Waals surface area contributed by atoms with E-state index < -0.39 is 12.0 Å². The van der Waals surface area contributed by atoms with Crippen LogP contribution in [0, 0.1) is 46.9 Å². The number of halogens is 1. The van der Waals surface area contributed by atoms with E-state index in [-0.39, 0.29) is 17.0 Å².